The second kappa shape index (κ2) is 16.2. The van der Waals surface area contributed by atoms with Crippen LogP contribution in [0.15, 0.2) is 264 Å². The van der Waals surface area contributed by atoms with Crippen LogP contribution in [0, 0.1) is 0 Å². The minimum absolute atomic E-state index is 0.899. The zero-order chi connectivity index (χ0) is 46.1. The Kier molecular flexibility index (Phi) is 9.17. The van der Waals surface area contributed by atoms with Crippen LogP contribution >= 0.6 is 0 Å². The van der Waals surface area contributed by atoms with Crippen molar-refractivity contribution in [2.45, 2.75) is 0 Å². The van der Waals surface area contributed by atoms with Gasteiger partial charge in [0, 0.05) is 55.1 Å². The van der Waals surface area contributed by atoms with Crippen LogP contribution in [0.3, 0.4) is 0 Å². The topological polar surface area (TPSA) is 34.5 Å². The molecule has 14 aromatic rings. The Bertz CT molecular complexity index is 4200. The Hall–Kier alpha value is -9.38. The monoisotopic (exact) mass is 894 g/mol. The third kappa shape index (κ3) is 6.69. The highest BCUT2D eigenvalue weighted by atomic mass is 16.3. The number of para-hydroxylation sites is 4. The second-order valence-electron chi connectivity index (χ2n) is 18.1. The van der Waals surface area contributed by atoms with Gasteiger partial charge in [-0.1, -0.05) is 158 Å². The molecule has 0 atom stereocenters. The van der Waals surface area contributed by atoms with Crippen LogP contribution in [0.2, 0.25) is 0 Å². The van der Waals surface area contributed by atoms with Gasteiger partial charge < -0.3 is 18.3 Å². The summed E-state index contributed by atoms with van der Waals surface area (Å²) in [5.41, 5.74) is 19.6. The molecule has 4 nitrogen and oxygen atoms in total. The first-order valence-electron chi connectivity index (χ1n) is 23.8. The number of nitrogens with zero attached hydrogens (tertiary/aromatic N) is 2. The highest BCUT2D eigenvalue weighted by Crippen LogP contribution is 2.40. The molecular formula is C66H42N2O2. The van der Waals surface area contributed by atoms with Gasteiger partial charge in [0.1, 0.15) is 22.3 Å². The summed E-state index contributed by atoms with van der Waals surface area (Å²) < 4.78 is 14.7. The Morgan fingerprint density at radius 3 is 1.11 bits per heavy atom. The maximum atomic E-state index is 6.21. The SMILES string of the molecule is c1ccc2c(c1)oc1cc(-c3ccc(-c4ccc(N(c5ccc(-c6ccc(-n7c8ccccc8c8ccccc87)cc6)cc5)c5ccc(-c6ccc7oc8ccccc8c7c6)cc5)cc4)cc3)ccc12. The van der Waals surface area contributed by atoms with Crippen LogP contribution in [0.4, 0.5) is 17.1 Å². The number of hydrogen-bond donors (Lipinski definition) is 0. The molecule has 3 heterocycles. The van der Waals surface area contributed by atoms with Gasteiger partial charge in [0.15, 0.2) is 0 Å². The molecule has 0 unspecified atom stereocenters. The summed E-state index contributed by atoms with van der Waals surface area (Å²) in [5, 5.41) is 7.06. The van der Waals surface area contributed by atoms with Gasteiger partial charge in [-0.25, -0.2) is 0 Å². The molecule has 14 rings (SSSR count). The van der Waals surface area contributed by atoms with Crippen molar-refractivity contribution < 1.29 is 8.83 Å². The molecule has 0 aliphatic heterocycles. The molecule has 0 radical (unpaired) electrons. The minimum atomic E-state index is 0.899. The zero-order valence-electron chi connectivity index (χ0n) is 38.0. The van der Waals surface area contributed by atoms with E-state index in [1.54, 1.807) is 0 Å². The van der Waals surface area contributed by atoms with Crippen LogP contribution in [0.1, 0.15) is 0 Å². The fraction of sp³-hybridized carbons (Fsp3) is 0. The van der Waals surface area contributed by atoms with Crippen molar-refractivity contribution in [2.24, 2.45) is 0 Å². The molecule has 0 aliphatic carbocycles. The van der Waals surface area contributed by atoms with E-state index in [0.29, 0.717) is 0 Å². The first kappa shape index (κ1) is 39.8. The Morgan fingerprint density at radius 2 is 0.586 bits per heavy atom. The van der Waals surface area contributed by atoms with E-state index in [-0.39, 0.29) is 0 Å². The number of rotatable bonds is 8. The van der Waals surface area contributed by atoms with E-state index in [2.05, 4.69) is 240 Å². The lowest BCUT2D eigenvalue weighted by atomic mass is 9.99. The predicted molar refractivity (Wildman–Crippen MR) is 292 cm³/mol. The molecule has 0 fully saturated rings. The van der Waals surface area contributed by atoms with E-state index in [0.717, 1.165) is 106 Å². The smallest absolute Gasteiger partial charge is 0.136 e. The van der Waals surface area contributed by atoms with Crippen LogP contribution < -0.4 is 4.90 Å². The summed E-state index contributed by atoms with van der Waals surface area (Å²) in [4.78, 5) is 2.34. The summed E-state index contributed by atoms with van der Waals surface area (Å²) in [5.74, 6) is 0. The third-order valence-electron chi connectivity index (χ3n) is 14.1. The van der Waals surface area contributed by atoms with Crippen LogP contribution in [0.25, 0.3) is 116 Å². The van der Waals surface area contributed by atoms with Crippen molar-refractivity contribution in [2.75, 3.05) is 4.90 Å². The fourth-order valence-electron chi connectivity index (χ4n) is 10.5. The van der Waals surface area contributed by atoms with Crippen molar-refractivity contribution in [3.05, 3.63) is 255 Å². The van der Waals surface area contributed by atoms with Crippen molar-refractivity contribution >= 4 is 82.7 Å². The van der Waals surface area contributed by atoms with E-state index in [1.807, 2.05) is 24.3 Å². The number of aromatic nitrogens is 1. The number of hydrogen-bond acceptors (Lipinski definition) is 3. The molecule has 0 N–H and O–H groups in total. The van der Waals surface area contributed by atoms with Gasteiger partial charge >= 0.3 is 0 Å². The quantitative estimate of drug-likeness (QED) is 0.152. The van der Waals surface area contributed by atoms with Gasteiger partial charge in [-0.15, -0.1) is 0 Å². The lowest BCUT2D eigenvalue weighted by Crippen LogP contribution is -2.09. The van der Waals surface area contributed by atoms with Gasteiger partial charge in [-0.3, -0.25) is 0 Å². The van der Waals surface area contributed by atoms with Gasteiger partial charge in [-0.2, -0.15) is 0 Å². The molecule has 4 heteroatoms. The molecule has 70 heavy (non-hydrogen) atoms. The number of anilines is 3. The van der Waals surface area contributed by atoms with E-state index in [1.165, 1.54) is 27.4 Å². The molecule has 3 aromatic heterocycles. The van der Waals surface area contributed by atoms with Gasteiger partial charge in [0.05, 0.1) is 11.0 Å². The number of furan rings is 2. The predicted octanol–water partition coefficient (Wildman–Crippen LogP) is 18.7. The summed E-state index contributed by atoms with van der Waals surface area (Å²) in [7, 11) is 0. The van der Waals surface area contributed by atoms with Gasteiger partial charge in [0.25, 0.3) is 0 Å². The van der Waals surface area contributed by atoms with E-state index >= 15 is 0 Å². The van der Waals surface area contributed by atoms with E-state index in [9.17, 15) is 0 Å². The minimum Gasteiger partial charge on any atom is -0.456 e. The molecule has 11 aromatic carbocycles. The zero-order valence-corrected chi connectivity index (χ0v) is 38.0. The second-order valence-corrected chi connectivity index (χ2v) is 18.1. The fourth-order valence-corrected chi connectivity index (χ4v) is 10.5. The average Bonchev–Trinajstić information content (AvgIpc) is 4.11. The Balaban J connectivity index is 0.784. The van der Waals surface area contributed by atoms with E-state index < -0.39 is 0 Å². The standard InChI is InChI=1S/C66H42N2O2/c1-5-13-61-55(9-1)56-10-2-6-14-62(56)68(61)54-37-25-46(26-38-54)45-23-33-52(34-24-45)67(53-35-27-48(28-36-53)49-30-40-65-60(41-49)58-12-4-8-16-64(58)69-65)51-31-21-44(22-32-51)43-17-19-47(20-18-43)50-29-39-59-57-11-3-7-15-63(57)70-66(59)42-50/h1-42H. The molecule has 0 saturated carbocycles. The third-order valence-corrected chi connectivity index (χ3v) is 14.1. The van der Waals surface area contributed by atoms with E-state index in [4.69, 9.17) is 8.83 Å². The van der Waals surface area contributed by atoms with Gasteiger partial charge in [0.2, 0.25) is 0 Å². The normalized spacial score (nSPS) is 11.7. The summed E-state index contributed by atoms with van der Waals surface area (Å²) in [6.45, 7) is 0. The molecule has 0 aliphatic rings. The molecular weight excluding hydrogens is 853 g/mol. The molecule has 0 saturated heterocycles. The van der Waals surface area contributed by atoms with Crippen molar-refractivity contribution in [1.82, 2.24) is 4.57 Å². The number of benzene rings is 11. The first-order chi connectivity index (χ1) is 34.7. The highest BCUT2D eigenvalue weighted by molar-refractivity contribution is 6.10. The largest absolute Gasteiger partial charge is 0.456 e. The average molecular weight is 895 g/mol. The summed E-state index contributed by atoms with van der Waals surface area (Å²) >= 11 is 0. The lowest BCUT2D eigenvalue weighted by Gasteiger charge is -2.26. The maximum absolute atomic E-state index is 6.21. The first-order valence-corrected chi connectivity index (χ1v) is 23.8. The maximum Gasteiger partial charge on any atom is 0.136 e. The van der Waals surface area contributed by atoms with Crippen molar-refractivity contribution in [1.29, 1.82) is 0 Å². The van der Waals surface area contributed by atoms with Crippen LogP contribution in [-0.2, 0) is 0 Å². The highest BCUT2D eigenvalue weighted by Gasteiger charge is 2.17. The summed E-state index contributed by atoms with van der Waals surface area (Å²) in [6.07, 6.45) is 0. The molecule has 328 valence electrons. The summed E-state index contributed by atoms with van der Waals surface area (Å²) in [6, 6.07) is 91.3. The van der Waals surface area contributed by atoms with Crippen molar-refractivity contribution in [3.8, 4) is 50.2 Å². The Morgan fingerprint density at radius 1 is 0.243 bits per heavy atom. The van der Waals surface area contributed by atoms with Crippen molar-refractivity contribution in [3.63, 3.8) is 0 Å². The van der Waals surface area contributed by atoms with Crippen LogP contribution in [0.5, 0.6) is 0 Å². The molecule has 0 spiro atoms. The number of fused-ring (bicyclic) bond motifs is 9. The molecule has 0 bridgehead atoms. The van der Waals surface area contributed by atoms with Crippen LogP contribution in [-0.4, -0.2) is 4.57 Å². The Labute approximate surface area is 404 Å². The lowest BCUT2D eigenvalue weighted by molar-refractivity contribution is 0.668. The molecule has 0 amide bonds. The van der Waals surface area contributed by atoms with Gasteiger partial charge in [-0.05, 0) is 142 Å².